The van der Waals surface area contributed by atoms with E-state index in [1.807, 2.05) is 24.3 Å². The molecule has 0 radical (unpaired) electrons. The Morgan fingerprint density at radius 2 is 1.97 bits per heavy atom. The third kappa shape index (κ3) is 5.64. The maximum absolute atomic E-state index is 13.3. The summed E-state index contributed by atoms with van der Waals surface area (Å²) in [6.07, 6.45) is 4.56. The first-order valence-electron chi connectivity index (χ1n) is 12.4. The zero-order valence-corrected chi connectivity index (χ0v) is 21.5. The number of nitrogens with zero attached hydrogens (tertiary/aromatic N) is 5. The summed E-state index contributed by atoms with van der Waals surface area (Å²) in [6, 6.07) is 14.4. The molecule has 1 aliphatic rings. The predicted octanol–water partition coefficient (Wildman–Crippen LogP) is 3.68. The maximum atomic E-state index is 13.3. The van der Waals surface area contributed by atoms with Crippen molar-refractivity contribution in [1.82, 2.24) is 24.3 Å². The molecule has 194 valence electrons. The lowest BCUT2D eigenvalue weighted by atomic mass is 10.0. The number of hydrogen-bond acceptors (Lipinski definition) is 7. The fraction of sp³-hybridized carbons (Fsp3) is 0.370. The van der Waals surface area contributed by atoms with Crippen molar-refractivity contribution in [3.05, 3.63) is 70.2 Å². The van der Waals surface area contributed by atoms with Crippen LogP contribution in [0.2, 0.25) is 5.02 Å². The van der Waals surface area contributed by atoms with E-state index >= 15 is 0 Å². The van der Waals surface area contributed by atoms with Gasteiger partial charge in [-0.1, -0.05) is 23.7 Å². The monoisotopic (exact) mass is 523 g/mol. The first-order valence-corrected chi connectivity index (χ1v) is 12.8. The highest BCUT2D eigenvalue weighted by Crippen LogP contribution is 2.30. The number of methoxy groups -OCH3 is 1. The van der Waals surface area contributed by atoms with Crippen LogP contribution in [0.25, 0.3) is 22.5 Å². The Morgan fingerprint density at radius 1 is 1.14 bits per heavy atom. The van der Waals surface area contributed by atoms with Crippen molar-refractivity contribution in [3.63, 3.8) is 0 Å². The molecule has 0 saturated carbocycles. The Kier molecular flexibility index (Phi) is 7.73. The molecule has 10 heteroatoms. The van der Waals surface area contributed by atoms with E-state index in [-0.39, 0.29) is 12.2 Å². The van der Waals surface area contributed by atoms with Crippen LogP contribution in [-0.2, 0) is 0 Å². The van der Waals surface area contributed by atoms with E-state index in [0.717, 1.165) is 38.0 Å². The van der Waals surface area contributed by atoms with Gasteiger partial charge < -0.3 is 14.6 Å². The first-order chi connectivity index (χ1) is 18.1. The van der Waals surface area contributed by atoms with Crippen molar-refractivity contribution in [2.75, 3.05) is 40.0 Å². The van der Waals surface area contributed by atoms with Crippen molar-refractivity contribution in [1.29, 1.82) is 0 Å². The SMILES string of the molecule is COc1cc(-n2cnn3nc(-c4ccc(Cl)cc4)cc3c2=O)ccc1OCCN1CCC(CCCO)C1. The van der Waals surface area contributed by atoms with Crippen LogP contribution >= 0.6 is 11.6 Å². The fourth-order valence-corrected chi connectivity index (χ4v) is 4.90. The van der Waals surface area contributed by atoms with Crippen molar-refractivity contribution < 1.29 is 14.6 Å². The number of hydrogen-bond donors (Lipinski definition) is 1. The number of rotatable bonds is 10. The smallest absolute Gasteiger partial charge is 0.284 e. The molecule has 0 spiro atoms. The molecule has 0 amide bonds. The van der Waals surface area contributed by atoms with Crippen LogP contribution < -0.4 is 15.0 Å². The van der Waals surface area contributed by atoms with Gasteiger partial charge >= 0.3 is 0 Å². The van der Waals surface area contributed by atoms with Gasteiger partial charge in [-0.25, -0.2) is 0 Å². The number of aliphatic hydroxyl groups is 1. The largest absolute Gasteiger partial charge is 0.493 e. The summed E-state index contributed by atoms with van der Waals surface area (Å²) < 4.78 is 14.4. The van der Waals surface area contributed by atoms with Gasteiger partial charge in [-0.15, -0.1) is 14.8 Å². The Morgan fingerprint density at radius 3 is 2.76 bits per heavy atom. The van der Waals surface area contributed by atoms with Crippen LogP contribution in [0.3, 0.4) is 0 Å². The van der Waals surface area contributed by atoms with Gasteiger partial charge in [0, 0.05) is 36.3 Å². The number of halogens is 1. The number of fused-ring (bicyclic) bond motifs is 1. The second-order valence-electron chi connectivity index (χ2n) is 9.22. The molecule has 1 aliphatic heterocycles. The molecule has 4 aromatic rings. The van der Waals surface area contributed by atoms with Crippen LogP contribution in [0.1, 0.15) is 19.3 Å². The Labute approximate surface area is 219 Å². The highest BCUT2D eigenvalue weighted by Gasteiger charge is 2.22. The molecule has 3 heterocycles. The first kappa shape index (κ1) is 25.3. The van der Waals surface area contributed by atoms with Crippen LogP contribution in [0, 0.1) is 5.92 Å². The van der Waals surface area contributed by atoms with Crippen LogP contribution in [0.5, 0.6) is 11.5 Å². The van der Waals surface area contributed by atoms with E-state index in [1.54, 1.807) is 31.4 Å². The Balaban J connectivity index is 1.29. The average Bonchev–Trinajstić information content (AvgIpc) is 3.56. The summed E-state index contributed by atoms with van der Waals surface area (Å²) in [7, 11) is 1.58. The van der Waals surface area contributed by atoms with Gasteiger partial charge in [-0.2, -0.15) is 0 Å². The van der Waals surface area contributed by atoms with Gasteiger partial charge in [0.05, 0.1) is 18.5 Å². The standard InChI is InChI=1S/C27H30ClN5O4/c1-36-26-15-22(8-9-25(26)37-14-12-31-11-10-19(17-31)3-2-13-34)32-18-29-33-24(27(32)35)16-23(30-33)20-4-6-21(28)7-5-20/h4-9,15-16,18-19,34H,2-3,10-14,17H2,1H3. The number of aromatic nitrogens is 4. The molecule has 1 unspecified atom stereocenters. The molecule has 2 aromatic carbocycles. The van der Waals surface area contributed by atoms with E-state index in [1.165, 1.54) is 21.9 Å². The van der Waals surface area contributed by atoms with E-state index in [0.29, 0.717) is 45.9 Å². The molecular formula is C27H30ClN5O4. The second kappa shape index (κ2) is 11.3. The summed E-state index contributed by atoms with van der Waals surface area (Å²) in [5, 5.41) is 18.4. The molecule has 1 N–H and O–H groups in total. The lowest BCUT2D eigenvalue weighted by molar-refractivity contribution is 0.222. The zero-order chi connectivity index (χ0) is 25.8. The van der Waals surface area contributed by atoms with Crippen molar-refractivity contribution in [2.24, 2.45) is 5.92 Å². The number of ether oxygens (including phenoxy) is 2. The molecule has 5 rings (SSSR count). The zero-order valence-electron chi connectivity index (χ0n) is 20.7. The number of aliphatic hydroxyl groups excluding tert-OH is 1. The maximum Gasteiger partial charge on any atom is 0.284 e. The van der Waals surface area contributed by atoms with Gasteiger partial charge in [-0.05, 0) is 62.1 Å². The lowest BCUT2D eigenvalue weighted by Gasteiger charge is -2.17. The van der Waals surface area contributed by atoms with Crippen LogP contribution in [0.15, 0.2) is 59.7 Å². The summed E-state index contributed by atoms with van der Waals surface area (Å²) in [5.74, 6) is 1.82. The van der Waals surface area contributed by atoms with Gasteiger partial charge in [0.25, 0.3) is 5.56 Å². The van der Waals surface area contributed by atoms with Crippen LogP contribution in [-0.4, -0.2) is 69.4 Å². The van der Waals surface area contributed by atoms with Crippen molar-refractivity contribution in [2.45, 2.75) is 19.3 Å². The molecular weight excluding hydrogens is 494 g/mol. The lowest BCUT2D eigenvalue weighted by Crippen LogP contribution is -2.26. The van der Waals surface area contributed by atoms with Crippen LogP contribution in [0.4, 0.5) is 0 Å². The second-order valence-corrected chi connectivity index (χ2v) is 9.66. The third-order valence-electron chi connectivity index (χ3n) is 6.78. The molecule has 1 fully saturated rings. The van der Waals surface area contributed by atoms with E-state index in [4.69, 9.17) is 26.2 Å². The van der Waals surface area contributed by atoms with E-state index in [9.17, 15) is 4.79 Å². The molecule has 1 atom stereocenters. The third-order valence-corrected chi connectivity index (χ3v) is 7.03. The Hall–Kier alpha value is -3.40. The predicted molar refractivity (Wildman–Crippen MR) is 142 cm³/mol. The molecule has 0 aliphatic carbocycles. The molecule has 0 bridgehead atoms. The number of benzene rings is 2. The minimum absolute atomic E-state index is 0.247. The molecule has 2 aromatic heterocycles. The summed E-state index contributed by atoms with van der Waals surface area (Å²) in [4.78, 5) is 15.7. The van der Waals surface area contributed by atoms with Crippen molar-refractivity contribution >= 4 is 17.1 Å². The highest BCUT2D eigenvalue weighted by molar-refractivity contribution is 6.30. The molecule has 37 heavy (non-hydrogen) atoms. The minimum Gasteiger partial charge on any atom is -0.493 e. The van der Waals surface area contributed by atoms with Crippen molar-refractivity contribution in [3.8, 4) is 28.4 Å². The van der Waals surface area contributed by atoms with Gasteiger partial charge in [0.15, 0.2) is 17.0 Å². The highest BCUT2D eigenvalue weighted by atomic mass is 35.5. The molecule has 9 nitrogen and oxygen atoms in total. The van der Waals surface area contributed by atoms with Gasteiger partial charge in [0.1, 0.15) is 12.9 Å². The molecule has 1 saturated heterocycles. The number of likely N-dealkylation sites (tertiary alicyclic amines) is 1. The van der Waals surface area contributed by atoms with Gasteiger partial charge in [-0.3, -0.25) is 14.3 Å². The van der Waals surface area contributed by atoms with Gasteiger partial charge in [0.2, 0.25) is 0 Å². The van der Waals surface area contributed by atoms with E-state index < -0.39 is 0 Å². The average molecular weight is 524 g/mol. The summed E-state index contributed by atoms with van der Waals surface area (Å²) >= 11 is 5.99. The quantitative estimate of drug-likeness (QED) is 0.339. The summed E-state index contributed by atoms with van der Waals surface area (Å²) in [5.41, 5.74) is 2.21. The normalized spacial score (nSPS) is 15.9. The Bertz CT molecular complexity index is 1420. The fourth-order valence-electron chi connectivity index (χ4n) is 4.77. The minimum atomic E-state index is -0.247. The van der Waals surface area contributed by atoms with E-state index in [2.05, 4.69) is 15.1 Å². The topological polar surface area (TPSA) is 94.1 Å². The summed E-state index contributed by atoms with van der Waals surface area (Å²) in [6.45, 7) is 3.74.